The molecule has 0 saturated heterocycles. The molecule has 26 heavy (non-hydrogen) atoms. The Morgan fingerprint density at radius 1 is 1.27 bits per heavy atom. The number of carbonyl (C=O) groups excluding carboxylic acids is 1. The number of hydrogen-bond acceptors (Lipinski definition) is 3. The van der Waals surface area contributed by atoms with Crippen molar-refractivity contribution in [2.75, 3.05) is 12.4 Å². The van der Waals surface area contributed by atoms with Gasteiger partial charge in [0.1, 0.15) is 5.75 Å². The number of rotatable bonds is 6. The normalized spacial score (nSPS) is 10.6. The fourth-order valence-electron chi connectivity index (χ4n) is 2.62. The third kappa shape index (κ3) is 4.39. The fraction of sp³-hybridized carbons (Fsp3) is 0.211. The molecule has 0 radical (unpaired) electrons. The Kier molecular flexibility index (Phi) is 5.85. The largest absolute Gasteiger partial charge is 0.495 e. The number of anilines is 1. The Morgan fingerprint density at radius 3 is 2.77 bits per heavy atom. The SMILES string of the molecule is COc1ccc(Cl)cc1NC(=O)N(Cc1cccs1)Cc1cccn1C. The van der Waals surface area contributed by atoms with Crippen LogP contribution < -0.4 is 10.1 Å². The van der Waals surface area contributed by atoms with Crippen LogP contribution in [0.4, 0.5) is 10.5 Å². The molecule has 1 aromatic carbocycles. The van der Waals surface area contributed by atoms with Gasteiger partial charge in [0.25, 0.3) is 0 Å². The molecule has 3 aromatic rings. The van der Waals surface area contributed by atoms with Crippen molar-refractivity contribution in [3.8, 4) is 5.75 Å². The highest BCUT2D eigenvalue weighted by Crippen LogP contribution is 2.28. The summed E-state index contributed by atoms with van der Waals surface area (Å²) in [7, 11) is 3.53. The lowest BCUT2D eigenvalue weighted by molar-refractivity contribution is 0.205. The Hall–Kier alpha value is -2.44. The van der Waals surface area contributed by atoms with E-state index in [1.807, 2.05) is 47.5 Å². The van der Waals surface area contributed by atoms with E-state index in [2.05, 4.69) is 5.32 Å². The van der Waals surface area contributed by atoms with Crippen LogP contribution in [0.2, 0.25) is 5.02 Å². The number of benzene rings is 1. The van der Waals surface area contributed by atoms with Crippen LogP contribution in [0.3, 0.4) is 0 Å². The predicted octanol–water partition coefficient (Wildman–Crippen LogP) is 4.98. The smallest absolute Gasteiger partial charge is 0.322 e. The highest BCUT2D eigenvalue weighted by Gasteiger charge is 2.18. The Morgan fingerprint density at radius 2 is 2.12 bits per heavy atom. The van der Waals surface area contributed by atoms with E-state index in [-0.39, 0.29) is 6.03 Å². The lowest BCUT2D eigenvalue weighted by Crippen LogP contribution is -2.34. The van der Waals surface area contributed by atoms with Gasteiger partial charge in [0.05, 0.1) is 25.9 Å². The first-order chi connectivity index (χ1) is 12.6. The number of ether oxygens (including phenoxy) is 1. The van der Waals surface area contributed by atoms with E-state index in [0.29, 0.717) is 29.5 Å². The molecular formula is C19H20ClN3O2S. The van der Waals surface area contributed by atoms with Gasteiger partial charge in [0.15, 0.2) is 0 Å². The van der Waals surface area contributed by atoms with Gasteiger partial charge in [-0.3, -0.25) is 0 Å². The summed E-state index contributed by atoms with van der Waals surface area (Å²) >= 11 is 7.69. The van der Waals surface area contributed by atoms with E-state index in [1.54, 1.807) is 41.5 Å². The van der Waals surface area contributed by atoms with Crippen LogP contribution in [0.1, 0.15) is 10.6 Å². The first kappa shape index (κ1) is 18.4. The highest BCUT2D eigenvalue weighted by atomic mass is 35.5. The number of methoxy groups -OCH3 is 1. The maximum absolute atomic E-state index is 13.0. The lowest BCUT2D eigenvalue weighted by Gasteiger charge is -2.23. The van der Waals surface area contributed by atoms with Crippen molar-refractivity contribution in [1.82, 2.24) is 9.47 Å². The number of carbonyl (C=O) groups is 1. The van der Waals surface area contributed by atoms with Crippen molar-refractivity contribution >= 4 is 34.7 Å². The van der Waals surface area contributed by atoms with Crippen LogP contribution in [-0.2, 0) is 20.1 Å². The molecular weight excluding hydrogens is 370 g/mol. The molecule has 0 aliphatic heterocycles. The average Bonchev–Trinajstić information content (AvgIpc) is 3.27. The average molecular weight is 390 g/mol. The van der Waals surface area contributed by atoms with E-state index >= 15 is 0 Å². The third-order valence-electron chi connectivity index (χ3n) is 4.02. The monoisotopic (exact) mass is 389 g/mol. The number of urea groups is 1. The molecule has 2 aromatic heterocycles. The van der Waals surface area contributed by atoms with Crippen LogP contribution in [0, 0.1) is 0 Å². The van der Waals surface area contributed by atoms with Crippen molar-refractivity contribution in [3.63, 3.8) is 0 Å². The van der Waals surface area contributed by atoms with Crippen LogP contribution >= 0.6 is 22.9 Å². The summed E-state index contributed by atoms with van der Waals surface area (Å²) in [5.41, 5.74) is 1.60. The summed E-state index contributed by atoms with van der Waals surface area (Å²) in [5, 5.41) is 5.46. The second-order valence-corrected chi connectivity index (χ2v) is 7.29. The number of nitrogens with one attached hydrogen (secondary N) is 1. The van der Waals surface area contributed by atoms with Gasteiger partial charge < -0.3 is 19.5 Å². The molecule has 0 aliphatic rings. The van der Waals surface area contributed by atoms with Crippen LogP contribution in [0.25, 0.3) is 0 Å². The van der Waals surface area contributed by atoms with E-state index in [4.69, 9.17) is 16.3 Å². The molecule has 0 unspecified atom stereocenters. The Balaban J connectivity index is 1.82. The van der Waals surface area contributed by atoms with Gasteiger partial charge in [0, 0.05) is 28.8 Å². The molecule has 0 atom stereocenters. The van der Waals surface area contributed by atoms with Crippen LogP contribution in [0.15, 0.2) is 54.0 Å². The number of thiophene rings is 1. The minimum absolute atomic E-state index is 0.208. The summed E-state index contributed by atoms with van der Waals surface area (Å²) in [6, 6.07) is 12.9. The Labute approximate surface area is 161 Å². The summed E-state index contributed by atoms with van der Waals surface area (Å²) in [6.45, 7) is 1.02. The van der Waals surface area contributed by atoms with Crippen molar-refractivity contribution in [3.05, 3.63) is 69.6 Å². The van der Waals surface area contributed by atoms with Gasteiger partial charge >= 0.3 is 6.03 Å². The van der Waals surface area contributed by atoms with Gasteiger partial charge in [-0.2, -0.15) is 0 Å². The Bertz CT molecular complexity index is 877. The fourth-order valence-corrected chi connectivity index (χ4v) is 3.51. The quantitative estimate of drug-likeness (QED) is 0.646. The number of aryl methyl sites for hydroxylation is 1. The maximum Gasteiger partial charge on any atom is 0.322 e. The summed E-state index contributed by atoms with van der Waals surface area (Å²) in [6.07, 6.45) is 1.97. The summed E-state index contributed by atoms with van der Waals surface area (Å²) in [4.78, 5) is 15.9. The van der Waals surface area contributed by atoms with Crippen molar-refractivity contribution in [1.29, 1.82) is 0 Å². The molecule has 0 saturated carbocycles. The molecule has 0 aliphatic carbocycles. The first-order valence-electron chi connectivity index (χ1n) is 8.09. The van der Waals surface area contributed by atoms with Crippen molar-refractivity contribution in [2.24, 2.45) is 7.05 Å². The molecule has 2 heterocycles. The summed E-state index contributed by atoms with van der Waals surface area (Å²) in [5.74, 6) is 0.567. The van der Waals surface area contributed by atoms with E-state index in [0.717, 1.165) is 10.6 Å². The molecule has 0 fully saturated rings. The second kappa shape index (κ2) is 8.29. The molecule has 5 nitrogen and oxygen atoms in total. The number of aromatic nitrogens is 1. The van der Waals surface area contributed by atoms with Crippen molar-refractivity contribution < 1.29 is 9.53 Å². The van der Waals surface area contributed by atoms with Crippen LogP contribution in [-0.4, -0.2) is 22.6 Å². The number of hydrogen-bond donors (Lipinski definition) is 1. The van der Waals surface area contributed by atoms with E-state index in [1.165, 1.54) is 0 Å². The third-order valence-corrected chi connectivity index (χ3v) is 5.12. The zero-order chi connectivity index (χ0) is 18.5. The van der Waals surface area contributed by atoms with Gasteiger partial charge in [-0.05, 0) is 41.8 Å². The zero-order valence-electron chi connectivity index (χ0n) is 14.6. The molecule has 3 rings (SSSR count). The highest BCUT2D eigenvalue weighted by molar-refractivity contribution is 7.09. The number of nitrogens with zero attached hydrogens (tertiary/aromatic N) is 2. The lowest BCUT2D eigenvalue weighted by atomic mass is 10.3. The maximum atomic E-state index is 13.0. The zero-order valence-corrected chi connectivity index (χ0v) is 16.2. The minimum atomic E-state index is -0.208. The van der Waals surface area contributed by atoms with Crippen molar-refractivity contribution in [2.45, 2.75) is 13.1 Å². The molecule has 136 valence electrons. The summed E-state index contributed by atoms with van der Waals surface area (Å²) < 4.78 is 7.33. The molecule has 7 heteroatoms. The van der Waals surface area contributed by atoms with Gasteiger partial charge in [-0.1, -0.05) is 17.7 Å². The first-order valence-corrected chi connectivity index (χ1v) is 9.34. The van der Waals surface area contributed by atoms with E-state index in [9.17, 15) is 4.79 Å². The number of amides is 2. The van der Waals surface area contributed by atoms with Gasteiger partial charge in [0.2, 0.25) is 0 Å². The topological polar surface area (TPSA) is 46.5 Å². The number of halogens is 1. The molecule has 0 bridgehead atoms. The molecule has 1 N–H and O–H groups in total. The van der Waals surface area contributed by atoms with Gasteiger partial charge in [-0.15, -0.1) is 11.3 Å². The minimum Gasteiger partial charge on any atom is -0.495 e. The van der Waals surface area contributed by atoms with Gasteiger partial charge in [-0.25, -0.2) is 4.79 Å². The predicted molar refractivity (Wildman–Crippen MR) is 106 cm³/mol. The molecule has 2 amide bonds. The molecule has 0 spiro atoms. The van der Waals surface area contributed by atoms with Crippen LogP contribution in [0.5, 0.6) is 5.75 Å². The standard InChI is InChI=1S/C19H20ClN3O2S/c1-22-9-3-5-15(22)12-23(13-16-6-4-10-26-16)19(24)21-17-11-14(20)7-8-18(17)25-2/h3-11H,12-13H2,1-2H3,(H,21,24). The second-order valence-electron chi connectivity index (χ2n) is 5.82. The van der Waals surface area contributed by atoms with E-state index < -0.39 is 0 Å².